The van der Waals surface area contributed by atoms with Gasteiger partial charge in [-0.05, 0) is 61.2 Å². The van der Waals surface area contributed by atoms with E-state index in [1.807, 2.05) is 18.2 Å². The van der Waals surface area contributed by atoms with Crippen molar-refractivity contribution in [2.75, 3.05) is 18.5 Å². The van der Waals surface area contributed by atoms with Gasteiger partial charge in [0.05, 0.1) is 0 Å². The summed E-state index contributed by atoms with van der Waals surface area (Å²) in [5.41, 5.74) is 2.41. The van der Waals surface area contributed by atoms with Gasteiger partial charge in [-0.2, -0.15) is 0 Å². The Bertz CT molecular complexity index is 772. The Labute approximate surface area is 152 Å². The summed E-state index contributed by atoms with van der Waals surface area (Å²) in [4.78, 5) is 12.5. The first-order valence-corrected chi connectivity index (χ1v) is 9.20. The molecule has 26 heavy (non-hydrogen) atoms. The Morgan fingerprint density at radius 2 is 1.85 bits per heavy atom. The lowest BCUT2D eigenvalue weighted by molar-refractivity contribution is 0.0774. The third kappa shape index (κ3) is 4.11. The zero-order valence-corrected chi connectivity index (χ0v) is 14.6. The number of hydrogen-bond acceptors (Lipinski definition) is 3. The zero-order chi connectivity index (χ0) is 17.9. The number of halogens is 1. The molecule has 0 spiro atoms. The normalized spacial score (nSPS) is 22.8. The van der Waals surface area contributed by atoms with Crippen molar-refractivity contribution in [1.29, 1.82) is 0 Å². The molecule has 2 N–H and O–H groups in total. The Morgan fingerprint density at radius 3 is 2.62 bits per heavy atom. The maximum atomic E-state index is 13.0. The van der Waals surface area contributed by atoms with Gasteiger partial charge in [-0.3, -0.25) is 4.79 Å². The molecule has 1 aliphatic carbocycles. The second-order valence-electron chi connectivity index (χ2n) is 7.09. The van der Waals surface area contributed by atoms with Gasteiger partial charge in [0.15, 0.2) is 0 Å². The number of carbonyl (C=O) groups is 1. The summed E-state index contributed by atoms with van der Waals surface area (Å²) in [6.45, 7) is 1.68. The molecular weight excluding hydrogens is 331 g/mol. The quantitative estimate of drug-likeness (QED) is 0.861. The van der Waals surface area contributed by atoms with Crippen LogP contribution in [0.4, 0.5) is 10.1 Å². The molecule has 0 radical (unpaired) electrons. The molecule has 0 bridgehead atoms. The van der Waals surface area contributed by atoms with Crippen LogP contribution in [0.1, 0.15) is 41.1 Å². The third-order valence-corrected chi connectivity index (χ3v) is 5.14. The summed E-state index contributed by atoms with van der Waals surface area (Å²) in [7, 11) is 0. The fourth-order valence-electron chi connectivity index (χ4n) is 3.56. The highest BCUT2D eigenvalue weighted by Gasteiger charge is 2.39. The number of hydrogen-bond donors (Lipinski definition) is 2. The largest absolute Gasteiger partial charge is 0.381 e. The lowest BCUT2D eigenvalue weighted by atomic mass is 10.1. The van der Waals surface area contributed by atoms with Crippen molar-refractivity contribution in [2.24, 2.45) is 0 Å². The standard InChI is InChI=1S/C21H23FN2O2/c22-16-4-6-17(7-5-16)24-21(25)15-3-1-2-14(12-15)19-13-20(19)23-18-8-10-26-11-9-18/h1-7,12,18-20,23H,8-11,13H2,(H,24,25)/t19-,20+/m0/s1. The minimum atomic E-state index is -0.318. The summed E-state index contributed by atoms with van der Waals surface area (Å²) < 4.78 is 18.4. The topological polar surface area (TPSA) is 50.4 Å². The first-order chi connectivity index (χ1) is 12.7. The summed E-state index contributed by atoms with van der Waals surface area (Å²) in [5.74, 6) is -0.0220. The number of benzene rings is 2. The fourth-order valence-corrected chi connectivity index (χ4v) is 3.56. The molecule has 4 rings (SSSR count). The molecular formula is C21H23FN2O2. The van der Waals surface area contributed by atoms with Crippen LogP contribution in [0.25, 0.3) is 0 Å². The highest BCUT2D eigenvalue weighted by molar-refractivity contribution is 6.04. The predicted octanol–water partition coefficient (Wildman–Crippen LogP) is 3.70. The fraction of sp³-hybridized carbons (Fsp3) is 0.381. The summed E-state index contributed by atoms with van der Waals surface area (Å²) in [5, 5.41) is 6.53. The monoisotopic (exact) mass is 354 g/mol. The van der Waals surface area contributed by atoms with Crippen molar-refractivity contribution in [3.8, 4) is 0 Å². The number of anilines is 1. The van der Waals surface area contributed by atoms with E-state index < -0.39 is 0 Å². The van der Waals surface area contributed by atoms with E-state index in [1.165, 1.54) is 17.7 Å². The number of ether oxygens (including phenoxy) is 1. The van der Waals surface area contributed by atoms with E-state index in [9.17, 15) is 9.18 Å². The average Bonchev–Trinajstić information content (AvgIpc) is 3.44. The van der Waals surface area contributed by atoms with E-state index in [2.05, 4.69) is 16.7 Å². The van der Waals surface area contributed by atoms with Crippen molar-refractivity contribution in [3.63, 3.8) is 0 Å². The van der Waals surface area contributed by atoms with Gasteiger partial charge in [-0.25, -0.2) is 4.39 Å². The molecule has 2 aromatic rings. The number of amides is 1. The molecule has 2 atom stereocenters. The predicted molar refractivity (Wildman–Crippen MR) is 98.9 cm³/mol. The highest BCUT2D eigenvalue weighted by Crippen LogP contribution is 2.41. The van der Waals surface area contributed by atoms with Crippen LogP contribution in [0.2, 0.25) is 0 Å². The first kappa shape index (κ1) is 17.2. The third-order valence-electron chi connectivity index (χ3n) is 5.14. The van der Waals surface area contributed by atoms with Crippen LogP contribution < -0.4 is 10.6 Å². The molecule has 1 amide bonds. The molecule has 5 heteroatoms. The van der Waals surface area contributed by atoms with Crippen molar-refractivity contribution < 1.29 is 13.9 Å². The Morgan fingerprint density at radius 1 is 1.08 bits per heavy atom. The molecule has 0 unspecified atom stereocenters. The van der Waals surface area contributed by atoms with Gasteiger partial charge in [-0.15, -0.1) is 0 Å². The van der Waals surface area contributed by atoms with Gasteiger partial charge >= 0.3 is 0 Å². The number of rotatable bonds is 5. The molecule has 2 fully saturated rings. The number of nitrogens with one attached hydrogen (secondary N) is 2. The minimum absolute atomic E-state index is 0.173. The van der Waals surface area contributed by atoms with Crippen molar-refractivity contribution in [2.45, 2.75) is 37.3 Å². The van der Waals surface area contributed by atoms with Crippen molar-refractivity contribution in [1.82, 2.24) is 5.32 Å². The van der Waals surface area contributed by atoms with Gasteiger partial charge in [0.25, 0.3) is 5.91 Å². The lowest BCUT2D eigenvalue weighted by Gasteiger charge is -2.23. The lowest BCUT2D eigenvalue weighted by Crippen LogP contribution is -2.36. The van der Waals surface area contributed by atoms with E-state index >= 15 is 0 Å². The molecule has 4 nitrogen and oxygen atoms in total. The van der Waals surface area contributed by atoms with Crippen LogP contribution in [0.3, 0.4) is 0 Å². The van der Waals surface area contributed by atoms with Gasteiger partial charge in [-0.1, -0.05) is 12.1 Å². The van der Waals surface area contributed by atoms with Crippen LogP contribution >= 0.6 is 0 Å². The second-order valence-corrected chi connectivity index (χ2v) is 7.09. The second kappa shape index (κ2) is 7.56. The minimum Gasteiger partial charge on any atom is -0.381 e. The van der Waals surface area contributed by atoms with Gasteiger partial charge in [0.1, 0.15) is 5.82 Å². The average molecular weight is 354 g/mol. The number of carbonyl (C=O) groups excluding carboxylic acids is 1. The summed E-state index contributed by atoms with van der Waals surface area (Å²) >= 11 is 0. The zero-order valence-electron chi connectivity index (χ0n) is 14.6. The molecule has 0 aromatic heterocycles. The molecule has 2 aromatic carbocycles. The molecule has 1 heterocycles. The maximum Gasteiger partial charge on any atom is 0.255 e. The van der Waals surface area contributed by atoms with Crippen LogP contribution in [0.15, 0.2) is 48.5 Å². The van der Waals surface area contributed by atoms with Crippen LogP contribution in [0.5, 0.6) is 0 Å². The summed E-state index contributed by atoms with van der Waals surface area (Å²) in [6, 6.07) is 14.6. The molecule has 1 saturated heterocycles. The van der Waals surface area contributed by atoms with E-state index in [1.54, 1.807) is 12.1 Å². The SMILES string of the molecule is O=C(Nc1ccc(F)cc1)c1cccc([C@@H]2C[C@H]2NC2CCOCC2)c1. The van der Waals surface area contributed by atoms with Gasteiger partial charge in [0, 0.05) is 42.5 Å². The molecule has 136 valence electrons. The maximum absolute atomic E-state index is 13.0. The molecule has 1 saturated carbocycles. The first-order valence-electron chi connectivity index (χ1n) is 9.20. The molecule has 2 aliphatic rings. The van der Waals surface area contributed by atoms with Crippen molar-refractivity contribution >= 4 is 11.6 Å². The van der Waals surface area contributed by atoms with Crippen LogP contribution in [-0.4, -0.2) is 31.2 Å². The Kier molecular flexibility index (Phi) is 5.00. The highest BCUT2D eigenvalue weighted by atomic mass is 19.1. The van der Waals surface area contributed by atoms with E-state index in [-0.39, 0.29) is 11.7 Å². The Balaban J connectivity index is 1.37. The van der Waals surface area contributed by atoms with Crippen LogP contribution in [-0.2, 0) is 4.74 Å². The van der Waals surface area contributed by atoms with Crippen LogP contribution in [0, 0.1) is 5.82 Å². The Hall–Kier alpha value is -2.24. The van der Waals surface area contributed by atoms with Gasteiger partial charge in [0.2, 0.25) is 0 Å². The van der Waals surface area contributed by atoms with E-state index in [0.29, 0.717) is 29.3 Å². The van der Waals surface area contributed by atoms with Crippen molar-refractivity contribution in [3.05, 3.63) is 65.5 Å². The smallest absolute Gasteiger partial charge is 0.255 e. The van der Waals surface area contributed by atoms with Gasteiger partial charge < -0.3 is 15.4 Å². The van der Waals surface area contributed by atoms with E-state index in [4.69, 9.17) is 4.74 Å². The van der Waals surface area contributed by atoms with E-state index in [0.717, 1.165) is 32.5 Å². The summed E-state index contributed by atoms with van der Waals surface area (Å²) in [6.07, 6.45) is 3.26. The molecule has 1 aliphatic heterocycles.